The third-order valence-electron chi connectivity index (χ3n) is 1.78. The maximum atomic E-state index is 13.1. The van der Waals surface area contributed by atoms with Gasteiger partial charge in [-0.1, -0.05) is 28.1 Å². The molecule has 1 amide bonds. The van der Waals surface area contributed by atoms with E-state index in [1.54, 1.807) is 0 Å². The summed E-state index contributed by atoms with van der Waals surface area (Å²) < 4.78 is 26.2. The van der Waals surface area contributed by atoms with Crippen LogP contribution in [0.2, 0.25) is 0 Å². The summed E-state index contributed by atoms with van der Waals surface area (Å²) in [7, 11) is 0. The summed E-state index contributed by atoms with van der Waals surface area (Å²) in [4.78, 5) is 22.0. The summed E-state index contributed by atoms with van der Waals surface area (Å²) in [5.41, 5.74) is -0.155. The molecule has 1 atom stereocenters. The third-order valence-corrected chi connectivity index (χ3v) is 2.33. The van der Waals surface area contributed by atoms with Crippen molar-refractivity contribution in [1.29, 1.82) is 0 Å². The normalized spacial score (nSPS) is 11.9. The first-order chi connectivity index (χ1) is 7.56. The summed E-state index contributed by atoms with van der Waals surface area (Å²) in [6.07, 6.45) is -2.29. The monoisotopic (exact) mass is 291 g/mol. The molecule has 0 spiro atoms. The van der Waals surface area contributed by atoms with Crippen LogP contribution in [-0.4, -0.2) is 23.2 Å². The quantitative estimate of drug-likeness (QED) is 0.682. The molecule has 86 valence electrons. The van der Waals surface area contributed by atoms with Crippen LogP contribution in [0.3, 0.4) is 0 Å². The van der Waals surface area contributed by atoms with E-state index in [2.05, 4.69) is 15.9 Å². The lowest BCUT2D eigenvalue weighted by atomic mass is 10.2. The molecule has 0 aliphatic heterocycles. The molecule has 1 aromatic carbocycles. The van der Waals surface area contributed by atoms with E-state index in [0.717, 1.165) is 6.07 Å². The van der Waals surface area contributed by atoms with Crippen LogP contribution in [0.1, 0.15) is 0 Å². The van der Waals surface area contributed by atoms with Crippen molar-refractivity contribution >= 4 is 33.3 Å². The first-order valence-electron chi connectivity index (χ1n) is 4.34. The largest absolute Gasteiger partial charge is 0.321 e. The molecule has 16 heavy (non-hydrogen) atoms. The summed E-state index contributed by atoms with van der Waals surface area (Å²) in [6, 6.07) is 5.31. The average Bonchev–Trinajstić information content (AvgIpc) is 2.30. The van der Waals surface area contributed by atoms with Gasteiger partial charge in [-0.15, -0.1) is 0 Å². The fourth-order valence-corrected chi connectivity index (χ4v) is 1.26. The lowest BCUT2D eigenvalue weighted by Crippen LogP contribution is -2.32. The number of para-hydroxylation sites is 1. The second kappa shape index (κ2) is 5.69. The van der Waals surface area contributed by atoms with E-state index in [1.807, 2.05) is 5.32 Å². The molecule has 0 fully saturated rings. The lowest BCUT2D eigenvalue weighted by molar-refractivity contribution is -0.130. The topological polar surface area (TPSA) is 46.2 Å². The van der Waals surface area contributed by atoms with Crippen LogP contribution < -0.4 is 5.32 Å². The molecule has 6 heteroatoms. The summed E-state index contributed by atoms with van der Waals surface area (Å²) in [5.74, 6) is -2.77. The van der Waals surface area contributed by atoms with Gasteiger partial charge in [0.05, 0.1) is 11.0 Å². The van der Waals surface area contributed by atoms with E-state index in [4.69, 9.17) is 0 Å². The number of alkyl halides is 2. The molecular formula is C10H8BrF2NO2. The van der Waals surface area contributed by atoms with Crippen molar-refractivity contribution in [3.63, 3.8) is 0 Å². The number of rotatable bonds is 4. The number of benzene rings is 1. The highest BCUT2D eigenvalue weighted by molar-refractivity contribution is 9.09. The Balaban J connectivity index is 2.72. The second-order valence-electron chi connectivity index (χ2n) is 2.93. The van der Waals surface area contributed by atoms with Gasteiger partial charge in [0.25, 0.3) is 5.91 Å². The van der Waals surface area contributed by atoms with Crippen molar-refractivity contribution in [2.75, 3.05) is 10.6 Å². The Morgan fingerprint density at radius 1 is 1.38 bits per heavy atom. The Kier molecular flexibility index (Phi) is 4.54. The zero-order valence-corrected chi connectivity index (χ0v) is 9.63. The number of carbonyl (C=O) groups excluding carboxylic acids is 2. The summed E-state index contributed by atoms with van der Waals surface area (Å²) >= 11 is 2.74. The molecule has 3 nitrogen and oxygen atoms in total. The van der Waals surface area contributed by atoms with E-state index < -0.39 is 23.7 Å². The minimum Gasteiger partial charge on any atom is -0.321 e. The van der Waals surface area contributed by atoms with Crippen molar-refractivity contribution in [2.45, 2.75) is 6.17 Å². The van der Waals surface area contributed by atoms with Crippen LogP contribution in [0.4, 0.5) is 14.5 Å². The minimum atomic E-state index is -2.29. The van der Waals surface area contributed by atoms with Crippen molar-refractivity contribution in [2.24, 2.45) is 0 Å². The molecule has 1 N–H and O–H groups in total. The van der Waals surface area contributed by atoms with Crippen LogP contribution in [0.25, 0.3) is 0 Å². The van der Waals surface area contributed by atoms with Gasteiger partial charge < -0.3 is 5.32 Å². The van der Waals surface area contributed by atoms with Crippen LogP contribution >= 0.6 is 15.9 Å². The Morgan fingerprint density at radius 3 is 2.56 bits per heavy atom. The van der Waals surface area contributed by atoms with Crippen LogP contribution in [-0.2, 0) is 9.59 Å². The van der Waals surface area contributed by atoms with E-state index >= 15 is 0 Å². The Morgan fingerprint density at radius 2 is 2.00 bits per heavy atom. The summed E-state index contributed by atoms with van der Waals surface area (Å²) in [5, 5.41) is 1.73. The number of ketones is 1. The van der Waals surface area contributed by atoms with Gasteiger partial charge in [-0.3, -0.25) is 9.59 Å². The van der Waals surface area contributed by atoms with Crippen LogP contribution in [0, 0.1) is 5.82 Å². The summed E-state index contributed by atoms with van der Waals surface area (Å²) in [6.45, 7) is 0. The van der Waals surface area contributed by atoms with Crippen LogP contribution in [0.5, 0.6) is 0 Å². The highest BCUT2D eigenvalue weighted by Gasteiger charge is 2.25. The number of hydrogen-bond donors (Lipinski definition) is 1. The zero-order chi connectivity index (χ0) is 12.1. The zero-order valence-electron chi connectivity index (χ0n) is 8.04. The van der Waals surface area contributed by atoms with E-state index in [0.29, 0.717) is 0 Å². The standard InChI is InChI=1S/C10H8BrF2NO2/c11-5-8(15)9(13)10(16)14-7-4-2-1-3-6(7)12/h1-4,9H,5H2,(H,14,16). The van der Waals surface area contributed by atoms with Crippen molar-refractivity contribution < 1.29 is 18.4 Å². The average molecular weight is 292 g/mol. The first-order valence-corrected chi connectivity index (χ1v) is 5.46. The highest BCUT2D eigenvalue weighted by atomic mass is 79.9. The number of carbonyl (C=O) groups is 2. The number of hydrogen-bond acceptors (Lipinski definition) is 2. The van der Waals surface area contributed by atoms with Gasteiger partial charge >= 0.3 is 0 Å². The van der Waals surface area contributed by atoms with Crippen molar-refractivity contribution in [3.8, 4) is 0 Å². The molecule has 0 bridgehead atoms. The van der Waals surface area contributed by atoms with Gasteiger partial charge in [-0.25, -0.2) is 8.78 Å². The van der Waals surface area contributed by atoms with E-state index in [-0.39, 0.29) is 11.0 Å². The lowest BCUT2D eigenvalue weighted by Gasteiger charge is -2.08. The molecule has 1 rings (SSSR count). The number of halogens is 3. The fourth-order valence-electron chi connectivity index (χ4n) is 0.973. The van der Waals surface area contributed by atoms with Gasteiger partial charge in [0.2, 0.25) is 6.17 Å². The van der Waals surface area contributed by atoms with Gasteiger partial charge in [-0.05, 0) is 12.1 Å². The number of nitrogens with one attached hydrogen (secondary N) is 1. The minimum absolute atomic E-state index is 0.155. The Bertz CT molecular complexity index is 412. The molecule has 0 aliphatic rings. The van der Waals surface area contributed by atoms with Crippen molar-refractivity contribution in [1.82, 2.24) is 0 Å². The maximum absolute atomic E-state index is 13.1. The Labute approximate surface area is 99.0 Å². The number of amides is 1. The van der Waals surface area contributed by atoms with Crippen molar-refractivity contribution in [3.05, 3.63) is 30.1 Å². The highest BCUT2D eigenvalue weighted by Crippen LogP contribution is 2.13. The SMILES string of the molecule is O=C(CBr)C(F)C(=O)Nc1ccccc1F. The predicted octanol–water partition coefficient (Wildman–Crippen LogP) is 2.07. The first kappa shape index (κ1) is 12.8. The third kappa shape index (κ3) is 3.10. The molecule has 0 aromatic heterocycles. The fraction of sp³-hybridized carbons (Fsp3) is 0.200. The van der Waals surface area contributed by atoms with E-state index in [9.17, 15) is 18.4 Å². The van der Waals surface area contributed by atoms with Crippen LogP contribution in [0.15, 0.2) is 24.3 Å². The van der Waals surface area contributed by atoms with Gasteiger partial charge in [0, 0.05) is 0 Å². The molecule has 0 saturated heterocycles. The number of anilines is 1. The van der Waals surface area contributed by atoms with E-state index in [1.165, 1.54) is 18.2 Å². The predicted molar refractivity (Wildman–Crippen MR) is 58.7 cm³/mol. The smallest absolute Gasteiger partial charge is 0.266 e. The molecular weight excluding hydrogens is 284 g/mol. The van der Waals surface area contributed by atoms with Gasteiger partial charge in [0.1, 0.15) is 5.82 Å². The molecule has 1 unspecified atom stereocenters. The van der Waals surface area contributed by atoms with Gasteiger partial charge in [-0.2, -0.15) is 0 Å². The second-order valence-corrected chi connectivity index (χ2v) is 3.49. The Hall–Kier alpha value is -1.30. The molecule has 0 aliphatic carbocycles. The number of Topliss-reactive ketones (excluding diaryl/α,β-unsaturated/α-hetero) is 1. The molecule has 0 saturated carbocycles. The molecule has 0 radical (unpaired) electrons. The van der Waals surface area contributed by atoms with Gasteiger partial charge in [0.15, 0.2) is 5.78 Å². The molecule has 1 aromatic rings. The maximum Gasteiger partial charge on any atom is 0.266 e. The molecule has 0 heterocycles.